The molecule has 0 radical (unpaired) electrons. The zero-order chi connectivity index (χ0) is 22.1. The van der Waals surface area contributed by atoms with Crippen molar-refractivity contribution < 1.29 is 22.7 Å². The second-order valence-electron chi connectivity index (χ2n) is 9.88. The van der Waals surface area contributed by atoms with Crippen molar-refractivity contribution in [1.29, 1.82) is 0 Å². The van der Waals surface area contributed by atoms with Gasteiger partial charge in [-0.15, -0.1) is 0 Å². The first kappa shape index (κ1) is 22.4. The van der Waals surface area contributed by atoms with Crippen LogP contribution in [0.3, 0.4) is 0 Å². The highest BCUT2D eigenvalue weighted by Gasteiger charge is 2.50. The number of halogens is 3. The van der Waals surface area contributed by atoms with Crippen molar-refractivity contribution in [2.75, 3.05) is 32.1 Å². The summed E-state index contributed by atoms with van der Waals surface area (Å²) >= 11 is 0. The van der Waals surface area contributed by atoms with E-state index in [2.05, 4.69) is 5.32 Å². The Labute approximate surface area is 182 Å². The molecule has 2 aliphatic carbocycles. The average molecular weight is 439 g/mol. The average Bonchev–Trinajstić information content (AvgIpc) is 2.73. The van der Waals surface area contributed by atoms with Crippen LogP contribution in [0.25, 0.3) is 0 Å². The number of carbonyl (C=O) groups is 1. The summed E-state index contributed by atoms with van der Waals surface area (Å²) in [5, 5.41) is 2.80. The fraction of sp³-hybridized carbons (Fsp3) is 0.708. The molecule has 3 fully saturated rings. The Morgan fingerprint density at radius 1 is 1.13 bits per heavy atom. The van der Waals surface area contributed by atoms with E-state index in [1.807, 2.05) is 4.90 Å². The fourth-order valence-electron chi connectivity index (χ4n) is 5.77. The third-order valence-corrected chi connectivity index (χ3v) is 7.55. The Bertz CT molecular complexity index is 779. The van der Waals surface area contributed by atoms with E-state index in [0.717, 1.165) is 44.9 Å². The Hall–Kier alpha value is -1.76. The molecule has 0 unspecified atom stereocenters. The van der Waals surface area contributed by atoms with E-state index < -0.39 is 17.7 Å². The lowest BCUT2D eigenvalue weighted by atomic mass is 9.65. The first-order valence-corrected chi connectivity index (χ1v) is 11.5. The van der Waals surface area contributed by atoms with Crippen LogP contribution in [-0.2, 0) is 4.79 Å². The van der Waals surface area contributed by atoms with Gasteiger partial charge in [0.15, 0.2) is 0 Å². The van der Waals surface area contributed by atoms with Crippen molar-refractivity contribution in [3.63, 3.8) is 0 Å². The smallest absolute Gasteiger partial charge is 0.263 e. The number of nitrogens with zero attached hydrogens (tertiary/aromatic N) is 1. The van der Waals surface area contributed by atoms with Crippen LogP contribution in [-0.4, -0.2) is 43.5 Å². The van der Waals surface area contributed by atoms with E-state index in [9.17, 15) is 18.0 Å². The zero-order valence-corrected chi connectivity index (χ0v) is 18.3. The summed E-state index contributed by atoms with van der Waals surface area (Å²) in [6.07, 6.45) is 7.48. The lowest BCUT2D eigenvalue weighted by molar-refractivity contribution is -0.138. The van der Waals surface area contributed by atoms with Gasteiger partial charge in [0.1, 0.15) is 11.6 Å². The van der Waals surface area contributed by atoms with Gasteiger partial charge in [-0.25, -0.2) is 13.2 Å². The van der Waals surface area contributed by atoms with Crippen molar-refractivity contribution in [3.05, 3.63) is 24.0 Å². The lowest BCUT2D eigenvalue weighted by Gasteiger charge is -2.54. The van der Waals surface area contributed by atoms with E-state index >= 15 is 0 Å². The van der Waals surface area contributed by atoms with Crippen LogP contribution in [0.1, 0.15) is 57.8 Å². The normalized spacial score (nSPS) is 22.8. The number of methoxy groups -OCH3 is 1. The molecule has 0 aromatic heterocycles. The number of ether oxygens (including phenoxy) is 1. The summed E-state index contributed by atoms with van der Waals surface area (Å²) in [5.41, 5.74) is 0.475. The maximum Gasteiger partial charge on any atom is 0.263 e. The molecular formula is C24H33F3N2O2. The molecule has 4 nitrogen and oxygen atoms in total. The van der Waals surface area contributed by atoms with Crippen LogP contribution in [0, 0.1) is 23.1 Å². The van der Waals surface area contributed by atoms with Gasteiger partial charge in [-0.3, -0.25) is 9.69 Å². The molecule has 7 heteroatoms. The molecule has 2 saturated carbocycles. The highest BCUT2D eigenvalue weighted by atomic mass is 19.3. The number of hydrogen-bond donors (Lipinski definition) is 1. The number of hydrogen-bond acceptors (Lipinski definition) is 3. The van der Waals surface area contributed by atoms with E-state index in [-0.39, 0.29) is 23.8 Å². The minimum Gasteiger partial charge on any atom is -0.497 e. The highest BCUT2D eigenvalue weighted by molar-refractivity contribution is 5.92. The van der Waals surface area contributed by atoms with Gasteiger partial charge in [-0.1, -0.05) is 19.3 Å². The molecule has 3 aliphatic rings. The van der Waals surface area contributed by atoms with E-state index in [1.54, 1.807) is 6.07 Å². The van der Waals surface area contributed by atoms with Crippen LogP contribution >= 0.6 is 0 Å². The predicted octanol–water partition coefficient (Wildman–Crippen LogP) is 5.48. The number of alkyl halides is 2. The van der Waals surface area contributed by atoms with Crippen molar-refractivity contribution in [2.24, 2.45) is 17.3 Å². The first-order valence-electron chi connectivity index (χ1n) is 11.5. The second kappa shape index (κ2) is 9.00. The summed E-state index contributed by atoms with van der Waals surface area (Å²) in [5.74, 6) is -3.39. The maximum atomic E-state index is 14.7. The largest absolute Gasteiger partial charge is 0.497 e. The van der Waals surface area contributed by atoms with Gasteiger partial charge in [-0.05, 0) is 50.0 Å². The van der Waals surface area contributed by atoms with Gasteiger partial charge in [0.05, 0.1) is 13.7 Å². The standard InChI is InChI=1S/C24H33F3N2O2/c1-31-21-12-19(25)11-20(13-21)28-22(30)17-7-9-23(10-8-17)14-29(15-23)16-24(26,27)18-5-3-2-4-6-18/h11-13,17-18H,2-10,14-16H2,1H3,(H,28,30). The Morgan fingerprint density at radius 3 is 2.45 bits per heavy atom. The number of anilines is 1. The minimum absolute atomic E-state index is 0.0848. The van der Waals surface area contributed by atoms with Crippen molar-refractivity contribution in [3.8, 4) is 5.75 Å². The van der Waals surface area contributed by atoms with Gasteiger partial charge < -0.3 is 10.1 Å². The molecule has 1 saturated heterocycles. The van der Waals surface area contributed by atoms with Gasteiger partial charge in [0, 0.05) is 42.7 Å². The number of rotatable bonds is 6. The Balaban J connectivity index is 1.24. The molecule has 1 aliphatic heterocycles. The molecule has 1 amide bonds. The summed E-state index contributed by atoms with van der Waals surface area (Å²) in [6.45, 7) is 1.31. The van der Waals surface area contributed by atoms with E-state index in [4.69, 9.17) is 4.74 Å². The fourth-order valence-corrected chi connectivity index (χ4v) is 5.77. The number of benzene rings is 1. The van der Waals surface area contributed by atoms with Crippen LogP contribution in [0.4, 0.5) is 18.9 Å². The maximum absolute atomic E-state index is 14.7. The number of amides is 1. The van der Waals surface area contributed by atoms with Gasteiger partial charge in [-0.2, -0.15) is 0 Å². The third-order valence-electron chi connectivity index (χ3n) is 7.55. The summed E-state index contributed by atoms with van der Waals surface area (Å²) in [4.78, 5) is 14.5. The summed E-state index contributed by atoms with van der Waals surface area (Å²) in [6, 6.07) is 4.14. The molecule has 0 bridgehead atoms. The molecule has 0 atom stereocenters. The molecular weight excluding hydrogens is 405 g/mol. The molecule has 4 rings (SSSR count). The lowest BCUT2D eigenvalue weighted by Crippen LogP contribution is -2.61. The Kier molecular flexibility index (Phi) is 6.52. The molecule has 172 valence electrons. The molecule has 1 aromatic carbocycles. The second-order valence-corrected chi connectivity index (χ2v) is 9.88. The first-order chi connectivity index (χ1) is 14.8. The highest BCUT2D eigenvalue weighted by Crippen LogP contribution is 2.47. The van der Waals surface area contributed by atoms with Crippen LogP contribution in [0.15, 0.2) is 18.2 Å². The molecule has 31 heavy (non-hydrogen) atoms. The topological polar surface area (TPSA) is 41.6 Å². The van der Waals surface area contributed by atoms with Gasteiger partial charge in [0.25, 0.3) is 5.92 Å². The summed E-state index contributed by atoms with van der Waals surface area (Å²) in [7, 11) is 1.45. The minimum atomic E-state index is -2.59. The van der Waals surface area contributed by atoms with Crippen molar-refractivity contribution in [2.45, 2.75) is 63.7 Å². The van der Waals surface area contributed by atoms with Gasteiger partial charge >= 0.3 is 0 Å². The van der Waals surface area contributed by atoms with Gasteiger partial charge in [0.2, 0.25) is 5.91 Å². The van der Waals surface area contributed by atoms with Crippen molar-refractivity contribution in [1.82, 2.24) is 4.90 Å². The number of carbonyl (C=O) groups excluding carboxylic acids is 1. The van der Waals surface area contributed by atoms with Crippen LogP contribution < -0.4 is 10.1 Å². The monoisotopic (exact) mass is 438 g/mol. The number of nitrogens with one attached hydrogen (secondary N) is 1. The Morgan fingerprint density at radius 2 is 1.81 bits per heavy atom. The van der Waals surface area contributed by atoms with E-state index in [1.165, 1.54) is 19.2 Å². The quantitative estimate of drug-likeness (QED) is 0.639. The molecule has 1 N–H and O–H groups in total. The SMILES string of the molecule is COc1cc(F)cc(NC(=O)C2CCC3(CC2)CN(CC(F)(F)C2CCCCC2)C3)c1. The third kappa shape index (κ3) is 5.18. The molecule has 1 aromatic rings. The molecule has 1 heterocycles. The molecule has 1 spiro atoms. The number of likely N-dealkylation sites (tertiary alicyclic amines) is 1. The summed E-state index contributed by atoms with van der Waals surface area (Å²) < 4.78 is 48.0. The van der Waals surface area contributed by atoms with E-state index in [0.29, 0.717) is 37.4 Å². The zero-order valence-electron chi connectivity index (χ0n) is 18.3. The van der Waals surface area contributed by atoms with Crippen LogP contribution in [0.5, 0.6) is 5.75 Å². The van der Waals surface area contributed by atoms with Crippen LogP contribution in [0.2, 0.25) is 0 Å². The van der Waals surface area contributed by atoms with Crippen molar-refractivity contribution >= 4 is 11.6 Å². The predicted molar refractivity (Wildman–Crippen MR) is 114 cm³/mol.